The van der Waals surface area contributed by atoms with Crippen molar-refractivity contribution < 1.29 is 18.0 Å². The van der Waals surface area contributed by atoms with Crippen molar-refractivity contribution in [1.29, 1.82) is 0 Å². The first kappa shape index (κ1) is 9.93. The summed E-state index contributed by atoms with van der Waals surface area (Å²) < 4.78 is 35.2. The molecule has 6 heteroatoms. The van der Waals surface area contributed by atoms with Gasteiger partial charge >= 0.3 is 6.18 Å². The highest BCUT2D eigenvalue weighted by Crippen LogP contribution is 2.18. The Balaban J connectivity index is 4.33. The minimum Gasteiger partial charge on any atom is -0.323 e. The topological polar surface area (TPSA) is 55.5 Å². The number of carbonyl (C=O) groups excluding carboxylic acids is 1. The van der Waals surface area contributed by atoms with Crippen LogP contribution in [-0.2, 0) is 4.79 Å². The van der Waals surface area contributed by atoms with Crippen LogP contribution in [0.5, 0.6) is 0 Å². The molecule has 0 aromatic carbocycles. The third kappa shape index (κ3) is 3.59. The molecule has 0 rings (SSSR count). The average Bonchev–Trinajstić information content (AvgIpc) is 1.79. The molecular formula is C5H7F3N2O. The van der Waals surface area contributed by atoms with E-state index in [4.69, 9.17) is 0 Å². The number of alkyl halides is 3. The number of nitrogens with two attached hydrogens (primary N) is 1. The zero-order chi connectivity index (χ0) is 9.07. The van der Waals surface area contributed by atoms with E-state index in [0.29, 0.717) is 0 Å². The van der Waals surface area contributed by atoms with E-state index in [2.05, 4.69) is 10.9 Å². The third-order valence-corrected chi connectivity index (χ3v) is 0.899. The molecule has 0 amide bonds. The highest BCUT2D eigenvalue weighted by atomic mass is 19.4. The molecule has 0 aliphatic carbocycles. The number of halogens is 3. The number of hydrogen-bond acceptors (Lipinski definition) is 3. The first-order valence-electron chi connectivity index (χ1n) is 2.71. The number of hydrazone groups is 1. The molecule has 0 aliphatic rings. The summed E-state index contributed by atoms with van der Waals surface area (Å²) in [5.41, 5.74) is -1.25. The van der Waals surface area contributed by atoms with Crippen LogP contribution >= 0.6 is 0 Å². The maximum Gasteiger partial charge on any atom is 0.431 e. The summed E-state index contributed by atoms with van der Waals surface area (Å²) in [7, 11) is 0. The van der Waals surface area contributed by atoms with Crippen LogP contribution in [0, 0.1) is 0 Å². The zero-order valence-corrected chi connectivity index (χ0v) is 5.77. The van der Waals surface area contributed by atoms with E-state index in [9.17, 15) is 18.0 Å². The number of Topliss-reactive ketones (excluding diaryl/α,β-unsaturated/α-hetero) is 1. The van der Waals surface area contributed by atoms with Crippen molar-refractivity contribution in [2.75, 3.05) is 0 Å². The van der Waals surface area contributed by atoms with Crippen molar-refractivity contribution in [3.63, 3.8) is 0 Å². The van der Waals surface area contributed by atoms with Crippen LogP contribution in [0.3, 0.4) is 0 Å². The molecule has 0 saturated heterocycles. The van der Waals surface area contributed by atoms with Gasteiger partial charge in [0.2, 0.25) is 0 Å². The summed E-state index contributed by atoms with van der Waals surface area (Å²) in [6, 6.07) is 0. The maximum absolute atomic E-state index is 11.7. The first-order valence-corrected chi connectivity index (χ1v) is 2.71. The molecule has 0 bridgehead atoms. The Bertz CT molecular complexity index is 185. The summed E-state index contributed by atoms with van der Waals surface area (Å²) in [6.45, 7) is 1.04. The van der Waals surface area contributed by atoms with E-state index in [1.807, 2.05) is 0 Å². The second kappa shape index (κ2) is 3.36. The van der Waals surface area contributed by atoms with Gasteiger partial charge in [-0.15, -0.1) is 0 Å². The molecule has 0 heterocycles. The molecule has 0 aromatic heterocycles. The fraction of sp³-hybridized carbons (Fsp3) is 0.600. The summed E-state index contributed by atoms with van der Waals surface area (Å²) in [5, 5.41) is 2.47. The third-order valence-electron chi connectivity index (χ3n) is 0.899. The van der Waals surface area contributed by atoms with Crippen LogP contribution in [0.25, 0.3) is 0 Å². The first-order chi connectivity index (χ1) is 4.88. The van der Waals surface area contributed by atoms with Crippen molar-refractivity contribution in [2.24, 2.45) is 10.9 Å². The molecule has 64 valence electrons. The Kier molecular flexibility index (Phi) is 3.03. The molecule has 0 fully saturated rings. The highest BCUT2D eigenvalue weighted by molar-refractivity contribution is 6.03. The maximum atomic E-state index is 11.7. The summed E-state index contributed by atoms with van der Waals surface area (Å²) >= 11 is 0. The lowest BCUT2D eigenvalue weighted by atomic mass is 10.2. The minimum absolute atomic E-state index is 0.619. The Morgan fingerprint density at radius 3 is 2.09 bits per heavy atom. The SMILES string of the molecule is CC(=O)C/C(=N/N)C(F)(F)F. The van der Waals surface area contributed by atoms with Gasteiger partial charge in [-0.1, -0.05) is 0 Å². The number of hydrogen-bond donors (Lipinski definition) is 1. The molecule has 0 aromatic rings. The van der Waals surface area contributed by atoms with E-state index in [-0.39, 0.29) is 0 Å². The minimum atomic E-state index is -4.60. The van der Waals surface area contributed by atoms with Crippen molar-refractivity contribution >= 4 is 11.5 Å². The molecule has 0 unspecified atom stereocenters. The van der Waals surface area contributed by atoms with Crippen LogP contribution < -0.4 is 5.84 Å². The van der Waals surface area contributed by atoms with E-state index in [0.717, 1.165) is 6.92 Å². The molecule has 2 N–H and O–H groups in total. The van der Waals surface area contributed by atoms with Gasteiger partial charge in [0.25, 0.3) is 0 Å². The van der Waals surface area contributed by atoms with Crippen LogP contribution in [0.2, 0.25) is 0 Å². The van der Waals surface area contributed by atoms with Crippen LogP contribution in [0.1, 0.15) is 13.3 Å². The monoisotopic (exact) mass is 168 g/mol. The molecular weight excluding hydrogens is 161 g/mol. The number of carbonyl (C=O) groups is 1. The lowest BCUT2D eigenvalue weighted by molar-refractivity contribution is -0.117. The van der Waals surface area contributed by atoms with E-state index in [1.165, 1.54) is 0 Å². The predicted molar refractivity (Wildman–Crippen MR) is 33.0 cm³/mol. The van der Waals surface area contributed by atoms with E-state index < -0.39 is 24.1 Å². The van der Waals surface area contributed by atoms with Crippen molar-refractivity contribution in [3.8, 4) is 0 Å². The molecule has 0 radical (unpaired) electrons. The molecule has 0 saturated carbocycles. The average molecular weight is 168 g/mol. The quantitative estimate of drug-likeness (QED) is 0.377. The van der Waals surface area contributed by atoms with Gasteiger partial charge in [-0.2, -0.15) is 18.3 Å². The Hall–Kier alpha value is -1.07. The second-order valence-corrected chi connectivity index (χ2v) is 1.95. The lowest BCUT2D eigenvalue weighted by Gasteiger charge is -2.06. The summed E-state index contributed by atoms with van der Waals surface area (Å²) in [4.78, 5) is 10.2. The summed E-state index contributed by atoms with van der Waals surface area (Å²) in [6.07, 6.45) is -5.36. The van der Waals surface area contributed by atoms with Gasteiger partial charge in [-0.3, -0.25) is 4.79 Å². The van der Waals surface area contributed by atoms with Gasteiger partial charge in [0.1, 0.15) is 11.5 Å². The number of ketones is 1. The van der Waals surface area contributed by atoms with E-state index >= 15 is 0 Å². The zero-order valence-electron chi connectivity index (χ0n) is 5.77. The smallest absolute Gasteiger partial charge is 0.323 e. The second-order valence-electron chi connectivity index (χ2n) is 1.95. The van der Waals surface area contributed by atoms with Gasteiger partial charge in [0, 0.05) is 0 Å². The highest BCUT2D eigenvalue weighted by Gasteiger charge is 2.36. The van der Waals surface area contributed by atoms with Gasteiger partial charge in [0.05, 0.1) is 6.42 Å². The van der Waals surface area contributed by atoms with Gasteiger partial charge in [-0.25, -0.2) is 0 Å². The van der Waals surface area contributed by atoms with Gasteiger partial charge in [0.15, 0.2) is 0 Å². The van der Waals surface area contributed by atoms with Crippen LogP contribution in [0.15, 0.2) is 5.10 Å². The van der Waals surface area contributed by atoms with Crippen molar-refractivity contribution in [1.82, 2.24) is 0 Å². The fourth-order valence-corrected chi connectivity index (χ4v) is 0.455. The molecule has 0 spiro atoms. The molecule has 11 heavy (non-hydrogen) atoms. The molecule has 0 atom stereocenters. The van der Waals surface area contributed by atoms with Crippen LogP contribution in [-0.4, -0.2) is 17.7 Å². The van der Waals surface area contributed by atoms with Gasteiger partial charge in [-0.05, 0) is 6.92 Å². The molecule has 3 nitrogen and oxygen atoms in total. The lowest BCUT2D eigenvalue weighted by Crippen LogP contribution is -2.26. The van der Waals surface area contributed by atoms with E-state index in [1.54, 1.807) is 0 Å². The Labute approximate surface area is 61.1 Å². The summed E-state index contributed by atoms with van der Waals surface area (Å²) in [5.74, 6) is 3.80. The Morgan fingerprint density at radius 1 is 1.55 bits per heavy atom. The normalized spacial score (nSPS) is 13.3. The number of nitrogens with zero attached hydrogens (tertiary/aromatic N) is 1. The van der Waals surface area contributed by atoms with Gasteiger partial charge < -0.3 is 5.84 Å². The van der Waals surface area contributed by atoms with Crippen molar-refractivity contribution in [2.45, 2.75) is 19.5 Å². The van der Waals surface area contributed by atoms with Crippen molar-refractivity contribution in [3.05, 3.63) is 0 Å². The van der Waals surface area contributed by atoms with Crippen LogP contribution in [0.4, 0.5) is 13.2 Å². The Morgan fingerprint density at radius 2 is 2.00 bits per heavy atom. The standard InChI is InChI=1S/C5H7F3N2O/c1-3(11)2-4(10-9)5(6,7)8/h2,9H2,1H3/b10-4-. The number of rotatable bonds is 2. The fourth-order valence-electron chi connectivity index (χ4n) is 0.455. The predicted octanol–water partition coefficient (Wildman–Crippen LogP) is 0.842. The largest absolute Gasteiger partial charge is 0.431 e. The molecule has 0 aliphatic heterocycles.